The van der Waals surface area contributed by atoms with E-state index in [1.807, 2.05) is 6.92 Å². The molecule has 0 aromatic carbocycles. The fraction of sp³-hybridized carbons (Fsp3) is 0.875. The van der Waals surface area contributed by atoms with Crippen molar-refractivity contribution < 1.29 is 18.3 Å². The second-order valence-electron chi connectivity index (χ2n) is 3.32. The van der Waals surface area contributed by atoms with Gasteiger partial charge in [-0.3, -0.25) is 4.79 Å². The Kier molecular flexibility index (Phi) is 5.77. The standard InChI is InChI=1S/C8H18N2O4S/c1-4-6(3)7(8(11)12)10-15(13,14)9-5-2/h6-7,9-10H,4-5H2,1-3H3,(H,11,12)/t6?,7-/m0/s1. The molecule has 0 saturated carbocycles. The molecule has 90 valence electrons. The Balaban J connectivity index is 4.62. The molecule has 1 unspecified atom stereocenters. The molecule has 0 aliphatic heterocycles. The van der Waals surface area contributed by atoms with Crippen molar-refractivity contribution in [2.24, 2.45) is 5.92 Å². The monoisotopic (exact) mass is 238 g/mol. The Bertz CT molecular complexity index is 302. The Morgan fingerprint density at radius 2 is 1.93 bits per heavy atom. The highest BCUT2D eigenvalue weighted by Crippen LogP contribution is 2.08. The SMILES string of the molecule is CCNS(=O)(=O)N[C@H](C(=O)O)C(C)CC. The molecule has 6 nitrogen and oxygen atoms in total. The zero-order valence-electron chi connectivity index (χ0n) is 9.15. The lowest BCUT2D eigenvalue weighted by Gasteiger charge is -2.19. The van der Waals surface area contributed by atoms with Crippen LogP contribution in [-0.4, -0.2) is 32.1 Å². The average Bonchev–Trinajstić information content (AvgIpc) is 2.12. The minimum Gasteiger partial charge on any atom is -0.480 e. The highest BCUT2D eigenvalue weighted by molar-refractivity contribution is 7.87. The van der Waals surface area contributed by atoms with Crippen LogP contribution < -0.4 is 9.44 Å². The van der Waals surface area contributed by atoms with Crippen LogP contribution in [0.1, 0.15) is 27.2 Å². The van der Waals surface area contributed by atoms with Gasteiger partial charge in [-0.15, -0.1) is 0 Å². The molecule has 0 saturated heterocycles. The predicted octanol–water partition coefficient (Wildman–Crippen LogP) is -0.0704. The van der Waals surface area contributed by atoms with Gasteiger partial charge >= 0.3 is 5.97 Å². The Morgan fingerprint density at radius 1 is 1.40 bits per heavy atom. The quantitative estimate of drug-likeness (QED) is 0.578. The number of hydrogen-bond donors (Lipinski definition) is 3. The molecule has 0 spiro atoms. The van der Waals surface area contributed by atoms with E-state index in [2.05, 4.69) is 9.44 Å². The van der Waals surface area contributed by atoms with Crippen LogP contribution in [0.2, 0.25) is 0 Å². The molecule has 7 heteroatoms. The summed E-state index contributed by atoms with van der Waals surface area (Å²) in [5, 5.41) is 8.85. The molecule has 0 fully saturated rings. The first-order valence-corrected chi connectivity index (χ1v) is 6.32. The molecule has 3 N–H and O–H groups in total. The van der Waals surface area contributed by atoms with E-state index < -0.39 is 22.2 Å². The molecule has 0 rings (SSSR count). The summed E-state index contributed by atoms with van der Waals surface area (Å²) in [6, 6.07) is -1.08. The second-order valence-corrected chi connectivity index (χ2v) is 4.85. The van der Waals surface area contributed by atoms with Crippen molar-refractivity contribution in [3.63, 3.8) is 0 Å². The van der Waals surface area contributed by atoms with Gasteiger partial charge in [0.05, 0.1) is 0 Å². The van der Waals surface area contributed by atoms with Gasteiger partial charge in [0.25, 0.3) is 10.2 Å². The lowest BCUT2D eigenvalue weighted by molar-refractivity contribution is -0.140. The molecule has 2 atom stereocenters. The number of carbonyl (C=O) groups is 1. The van der Waals surface area contributed by atoms with Gasteiger partial charge < -0.3 is 5.11 Å². The Labute approximate surface area is 90.2 Å². The van der Waals surface area contributed by atoms with E-state index in [1.165, 1.54) is 0 Å². The highest BCUT2D eigenvalue weighted by atomic mass is 32.2. The zero-order valence-corrected chi connectivity index (χ0v) is 9.97. The minimum atomic E-state index is -3.71. The van der Waals surface area contributed by atoms with Crippen molar-refractivity contribution in [2.75, 3.05) is 6.54 Å². The summed E-state index contributed by atoms with van der Waals surface area (Å²) in [5.41, 5.74) is 0. The summed E-state index contributed by atoms with van der Waals surface area (Å²) >= 11 is 0. The first kappa shape index (κ1) is 14.3. The fourth-order valence-electron chi connectivity index (χ4n) is 1.04. The summed E-state index contributed by atoms with van der Waals surface area (Å²) < 4.78 is 26.9. The topological polar surface area (TPSA) is 95.5 Å². The van der Waals surface area contributed by atoms with Gasteiger partial charge in [-0.05, 0) is 5.92 Å². The molecular formula is C8H18N2O4S. The van der Waals surface area contributed by atoms with Crippen molar-refractivity contribution in [3.8, 4) is 0 Å². The smallest absolute Gasteiger partial charge is 0.322 e. The molecule has 0 aromatic heterocycles. The van der Waals surface area contributed by atoms with E-state index in [-0.39, 0.29) is 12.5 Å². The number of carboxylic acids is 1. The van der Waals surface area contributed by atoms with E-state index >= 15 is 0 Å². The number of rotatable bonds is 7. The number of aliphatic carboxylic acids is 1. The van der Waals surface area contributed by atoms with Crippen LogP contribution >= 0.6 is 0 Å². The van der Waals surface area contributed by atoms with E-state index in [9.17, 15) is 13.2 Å². The Morgan fingerprint density at radius 3 is 2.27 bits per heavy atom. The molecule has 0 aliphatic rings. The zero-order chi connectivity index (χ0) is 12.1. The lowest BCUT2D eigenvalue weighted by atomic mass is 10.0. The fourth-order valence-corrected chi connectivity index (χ4v) is 2.18. The third kappa shape index (κ3) is 5.10. The van der Waals surface area contributed by atoms with Crippen molar-refractivity contribution in [3.05, 3.63) is 0 Å². The first-order valence-electron chi connectivity index (χ1n) is 4.83. The summed E-state index contributed by atoms with van der Waals surface area (Å²) in [7, 11) is -3.71. The Hall–Kier alpha value is -0.660. The van der Waals surface area contributed by atoms with Crippen molar-refractivity contribution in [1.29, 1.82) is 0 Å². The van der Waals surface area contributed by atoms with E-state index in [0.717, 1.165) is 0 Å². The van der Waals surface area contributed by atoms with Gasteiger partial charge in [-0.2, -0.15) is 13.1 Å². The van der Waals surface area contributed by atoms with Crippen molar-refractivity contribution >= 4 is 16.2 Å². The van der Waals surface area contributed by atoms with Gasteiger partial charge in [-0.25, -0.2) is 4.72 Å². The summed E-state index contributed by atoms with van der Waals surface area (Å²) in [6.07, 6.45) is 0.589. The average molecular weight is 238 g/mol. The van der Waals surface area contributed by atoms with Crippen molar-refractivity contribution in [2.45, 2.75) is 33.2 Å². The third-order valence-corrected chi connectivity index (χ3v) is 3.33. The molecule has 15 heavy (non-hydrogen) atoms. The number of carboxylic acid groups (broad SMARTS) is 1. The predicted molar refractivity (Wildman–Crippen MR) is 56.6 cm³/mol. The van der Waals surface area contributed by atoms with Gasteiger partial charge in [0.2, 0.25) is 0 Å². The summed E-state index contributed by atoms with van der Waals surface area (Å²) in [6.45, 7) is 5.34. The molecular weight excluding hydrogens is 220 g/mol. The first-order chi connectivity index (χ1) is 6.84. The van der Waals surface area contributed by atoms with Crippen LogP contribution in [0.15, 0.2) is 0 Å². The maximum absolute atomic E-state index is 11.3. The van der Waals surface area contributed by atoms with Crippen LogP contribution in [0.4, 0.5) is 0 Å². The van der Waals surface area contributed by atoms with Gasteiger partial charge in [0.1, 0.15) is 6.04 Å². The van der Waals surface area contributed by atoms with Crippen LogP contribution in [0, 0.1) is 5.92 Å². The molecule has 0 aliphatic carbocycles. The van der Waals surface area contributed by atoms with Gasteiger partial charge in [0.15, 0.2) is 0 Å². The summed E-state index contributed by atoms with van der Waals surface area (Å²) in [4.78, 5) is 10.8. The normalized spacial score (nSPS) is 15.9. The van der Waals surface area contributed by atoms with E-state index in [1.54, 1.807) is 13.8 Å². The van der Waals surface area contributed by atoms with E-state index in [4.69, 9.17) is 5.11 Å². The van der Waals surface area contributed by atoms with Crippen LogP contribution in [0.3, 0.4) is 0 Å². The van der Waals surface area contributed by atoms with Gasteiger partial charge in [0, 0.05) is 6.54 Å². The molecule has 0 amide bonds. The maximum atomic E-state index is 11.3. The molecule has 0 radical (unpaired) electrons. The number of hydrogen-bond acceptors (Lipinski definition) is 3. The summed E-state index contributed by atoms with van der Waals surface area (Å²) in [5.74, 6) is -1.42. The lowest BCUT2D eigenvalue weighted by Crippen LogP contribution is -2.49. The van der Waals surface area contributed by atoms with Crippen molar-refractivity contribution in [1.82, 2.24) is 9.44 Å². The van der Waals surface area contributed by atoms with E-state index in [0.29, 0.717) is 6.42 Å². The molecule has 0 bridgehead atoms. The second kappa shape index (κ2) is 6.04. The minimum absolute atomic E-state index is 0.224. The van der Waals surface area contributed by atoms with Crippen LogP contribution in [-0.2, 0) is 15.0 Å². The van der Waals surface area contributed by atoms with Crippen LogP contribution in [0.5, 0.6) is 0 Å². The highest BCUT2D eigenvalue weighted by Gasteiger charge is 2.27. The van der Waals surface area contributed by atoms with Gasteiger partial charge in [-0.1, -0.05) is 27.2 Å². The largest absolute Gasteiger partial charge is 0.480 e. The molecule has 0 aromatic rings. The maximum Gasteiger partial charge on any atom is 0.322 e. The molecule has 0 heterocycles. The third-order valence-electron chi connectivity index (χ3n) is 2.10. The van der Waals surface area contributed by atoms with Crippen LogP contribution in [0.25, 0.3) is 0 Å². The number of nitrogens with one attached hydrogen (secondary N) is 2.